The standard InChI is InChI=1S/C9H9N4O2/c1-7-12(2)8(3-10)9(4-11)13(7)5-15-6-14/h6H,5H2,1-2H3/q+1. The van der Waals surface area contributed by atoms with Gasteiger partial charge in [-0.25, -0.2) is 4.57 Å². The Hall–Kier alpha value is -2.34. The third kappa shape index (κ3) is 1.65. The van der Waals surface area contributed by atoms with Crippen molar-refractivity contribution >= 4 is 6.47 Å². The maximum absolute atomic E-state index is 10.1. The van der Waals surface area contributed by atoms with Crippen molar-refractivity contribution in [1.82, 2.24) is 4.57 Å². The highest BCUT2D eigenvalue weighted by molar-refractivity contribution is 5.37. The first-order chi connectivity index (χ1) is 7.17. The Morgan fingerprint density at radius 2 is 2.20 bits per heavy atom. The Balaban J connectivity index is 3.33. The van der Waals surface area contributed by atoms with Crippen LogP contribution < -0.4 is 4.57 Å². The van der Waals surface area contributed by atoms with Gasteiger partial charge in [0.05, 0.1) is 7.05 Å². The van der Waals surface area contributed by atoms with Gasteiger partial charge in [-0.3, -0.25) is 4.79 Å². The molecule has 1 rings (SSSR count). The molecule has 0 saturated carbocycles. The molecule has 0 aliphatic heterocycles. The van der Waals surface area contributed by atoms with Gasteiger partial charge < -0.3 is 4.74 Å². The molecule has 6 nitrogen and oxygen atoms in total. The van der Waals surface area contributed by atoms with Gasteiger partial charge in [-0.05, 0) is 0 Å². The zero-order chi connectivity index (χ0) is 11.4. The second-order valence-corrected chi connectivity index (χ2v) is 2.85. The smallest absolute Gasteiger partial charge is 0.296 e. The number of nitrogens with zero attached hydrogens (tertiary/aromatic N) is 4. The zero-order valence-electron chi connectivity index (χ0n) is 8.39. The van der Waals surface area contributed by atoms with Crippen LogP contribution in [0.5, 0.6) is 0 Å². The van der Waals surface area contributed by atoms with Gasteiger partial charge in [0, 0.05) is 6.92 Å². The minimum absolute atomic E-state index is 0.0618. The highest BCUT2D eigenvalue weighted by atomic mass is 16.5. The van der Waals surface area contributed by atoms with Crippen LogP contribution in [0.1, 0.15) is 17.2 Å². The lowest BCUT2D eigenvalue weighted by Crippen LogP contribution is -2.33. The first-order valence-electron chi connectivity index (χ1n) is 4.12. The highest BCUT2D eigenvalue weighted by Gasteiger charge is 2.25. The molecule has 0 spiro atoms. The first kappa shape index (κ1) is 10.7. The van der Waals surface area contributed by atoms with E-state index in [4.69, 9.17) is 10.5 Å². The first-order valence-corrected chi connectivity index (χ1v) is 4.12. The molecule has 1 heterocycles. The van der Waals surface area contributed by atoms with Crippen molar-refractivity contribution in [2.75, 3.05) is 0 Å². The predicted octanol–water partition coefficient (Wildman–Crippen LogP) is -0.505. The van der Waals surface area contributed by atoms with Crippen LogP contribution in [-0.2, 0) is 23.3 Å². The summed E-state index contributed by atoms with van der Waals surface area (Å²) in [5.41, 5.74) is 0.448. The van der Waals surface area contributed by atoms with E-state index in [1.54, 1.807) is 18.5 Å². The van der Waals surface area contributed by atoms with E-state index >= 15 is 0 Å². The fourth-order valence-corrected chi connectivity index (χ4v) is 1.30. The molecule has 0 bridgehead atoms. The van der Waals surface area contributed by atoms with Gasteiger partial charge in [-0.15, -0.1) is 0 Å². The SMILES string of the molecule is Cc1n(COC=O)c(C#N)c(C#N)[n+]1C. The van der Waals surface area contributed by atoms with Gasteiger partial charge in [0.15, 0.2) is 0 Å². The molecular weight excluding hydrogens is 196 g/mol. The third-order valence-electron chi connectivity index (χ3n) is 2.19. The van der Waals surface area contributed by atoms with Crippen LogP contribution in [0, 0.1) is 29.6 Å². The summed E-state index contributed by atoms with van der Waals surface area (Å²) in [7, 11) is 1.67. The van der Waals surface area contributed by atoms with E-state index in [1.807, 2.05) is 12.1 Å². The lowest BCUT2D eigenvalue weighted by molar-refractivity contribution is -0.679. The summed E-state index contributed by atoms with van der Waals surface area (Å²) in [6.45, 7) is 1.97. The molecule has 0 saturated heterocycles. The summed E-state index contributed by atoms with van der Waals surface area (Å²) in [5.74, 6) is 0.671. The van der Waals surface area contributed by atoms with E-state index < -0.39 is 0 Å². The second kappa shape index (κ2) is 4.25. The average Bonchev–Trinajstić information content (AvgIpc) is 2.48. The number of hydrogen-bond acceptors (Lipinski definition) is 4. The van der Waals surface area contributed by atoms with Gasteiger partial charge in [0.25, 0.3) is 23.7 Å². The molecule has 6 heteroatoms. The Kier molecular flexibility index (Phi) is 3.04. The maximum atomic E-state index is 10.1. The number of imidazole rings is 1. The van der Waals surface area contributed by atoms with E-state index in [1.165, 1.54) is 4.57 Å². The Morgan fingerprint density at radius 3 is 2.67 bits per heavy atom. The van der Waals surface area contributed by atoms with Crippen molar-refractivity contribution in [2.24, 2.45) is 7.05 Å². The topological polar surface area (TPSA) is 82.7 Å². The summed E-state index contributed by atoms with van der Waals surface area (Å²) in [6.07, 6.45) is 0. The highest BCUT2D eigenvalue weighted by Crippen LogP contribution is 2.07. The number of aromatic nitrogens is 2. The normalized spacial score (nSPS) is 9.07. The van der Waals surface area contributed by atoms with E-state index in [9.17, 15) is 4.79 Å². The molecule has 0 aromatic carbocycles. The fraction of sp³-hybridized carbons (Fsp3) is 0.333. The second-order valence-electron chi connectivity index (χ2n) is 2.85. The number of carbonyl (C=O) groups is 1. The molecule has 0 aliphatic carbocycles. The molecule has 0 radical (unpaired) electrons. The predicted molar refractivity (Wildman–Crippen MR) is 46.9 cm³/mol. The molecule has 1 aromatic rings. The van der Waals surface area contributed by atoms with Gasteiger partial charge in [0.1, 0.15) is 12.1 Å². The molecule has 0 N–H and O–H groups in total. The molecule has 1 aromatic heterocycles. The van der Waals surface area contributed by atoms with Crippen LogP contribution in [-0.4, -0.2) is 11.0 Å². The molecule has 0 unspecified atom stereocenters. The number of carbonyl (C=O) groups excluding carboxylic acids is 1. The molecular formula is C9H9N4O2+. The molecule has 0 amide bonds. The minimum atomic E-state index is -0.0618. The number of hydrogen-bond donors (Lipinski definition) is 0. The summed E-state index contributed by atoms with van der Waals surface area (Å²) < 4.78 is 7.61. The molecule has 0 atom stereocenters. The lowest BCUT2D eigenvalue weighted by atomic mass is 10.3. The summed E-state index contributed by atoms with van der Waals surface area (Å²) in [6, 6.07) is 3.84. The van der Waals surface area contributed by atoms with Crippen molar-refractivity contribution in [3.05, 3.63) is 17.2 Å². The number of ether oxygens (including phenoxy) is 1. The van der Waals surface area contributed by atoms with Gasteiger partial charge >= 0.3 is 0 Å². The molecule has 0 fully saturated rings. The van der Waals surface area contributed by atoms with Crippen LogP contribution in [0.4, 0.5) is 0 Å². The van der Waals surface area contributed by atoms with Gasteiger partial charge in [-0.1, -0.05) is 0 Å². The van der Waals surface area contributed by atoms with E-state index in [-0.39, 0.29) is 18.1 Å². The Bertz CT molecular complexity index is 476. The van der Waals surface area contributed by atoms with Crippen LogP contribution in [0.25, 0.3) is 0 Å². The van der Waals surface area contributed by atoms with Crippen LogP contribution in [0.2, 0.25) is 0 Å². The monoisotopic (exact) mass is 205 g/mol. The summed E-state index contributed by atoms with van der Waals surface area (Å²) in [5, 5.41) is 17.7. The van der Waals surface area contributed by atoms with Crippen molar-refractivity contribution in [2.45, 2.75) is 13.7 Å². The summed E-state index contributed by atoms with van der Waals surface area (Å²) >= 11 is 0. The average molecular weight is 205 g/mol. The van der Waals surface area contributed by atoms with E-state index in [0.717, 1.165) is 0 Å². The number of nitriles is 2. The number of rotatable bonds is 3. The third-order valence-corrected chi connectivity index (χ3v) is 2.19. The Morgan fingerprint density at radius 1 is 1.53 bits per heavy atom. The van der Waals surface area contributed by atoms with Crippen molar-refractivity contribution in [3.8, 4) is 12.1 Å². The van der Waals surface area contributed by atoms with Gasteiger partial charge in [-0.2, -0.15) is 15.1 Å². The molecule has 76 valence electrons. The van der Waals surface area contributed by atoms with E-state index in [0.29, 0.717) is 12.3 Å². The van der Waals surface area contributed by atoms with Crippen molar-refractivity contribution in [3.63, 3.8) is 0 Å². The molecule has 0 aliphatic rings. The molecule has 15 heavy (non-hydrogen) atoms. The van der Waals surface area contributed by atoms with Crippen LogP contribution in [0.15, 0.2) is 0 Å². The minimum Gasteiger partial charge on any atom is -0.427 e. The zero-order valence-corrected chi connectivity index (χ0v) is 8.39. The van der Waals surface area contributed by atoms with Crippen LogP contribution >= 0.6 is 0 Å². The fourth-order valence-electron chi connectivity index (χ4n) is 1.30. The summed E-state index contributed by atoms with van der Waals surface area (Å²) in [4.78, 5) is 10.1. The van der Waals surface area contributed by atoms with Crippen molar-refractivity contribution < 1.29 is 14.1 Å². The largest absolute Gasteiger partial charge is 0.427 e. The van der Waals surface area contributed by atoms with Gasteiger partial charge in [0.2, 0.25) is 6.73 Å². The van der Waals surface area contributed by atoms with Crippen molar-refractivity contribution in [1.29, 1.82) is 10.5 Å². The quantitative estimate of drug-likeness (QED) is 0.491. The van der Waals surface area contributed by atoms with E-state index in [2.05, 4.69) is 4.74 Å². The van der Waals surface area contributed by atoms with Crippen LogP contribution in [0.3, 0.4) is 0 Å². The lowest BCUT2D eigenvalue weighted by Gasteiger charge is -1.96. The maximum Gasteiger partial charge on any atom is 0.296 e. The Labute approximate surface area is 86.5 Å².